The van der Waals surface area contributed by atoms with Crippen molar-refractivity contribution in [3.05, 3.63) is 71.1 Å². The van der Waals surface area contributed by atoms with E-state index in [0.29, 0.717) is 35.0 Å². The molecule has 0 saturated heterocycles. The molecular weight excluding hydrogens is 416 g/mol. The van der Waals surface area contributed by atoms with Gasteiger partial charge < -0.3 is 8.83 Å². The van der Waals surface area contributed by atoms with Crippen LogP contribution in [-0.2, 0) is 6.42 Å². The number of hydrogen-bond donors (Lipinski definition) is 2. The third-order valence-corrected chi connectivity index (χ3v) is 6.04. The third kappa shape index (κ3) is 3.64. The number of benzene rings is 1. The van der Waals surface area contributed by atoms with Gasteiger partial charge in [0.1, 0.15) is 5.76 Å². The molecule has 0 aliphatic heterocycles. The lowest BCUT2D eigenvalue weighted by Gasteiger charge is -2.13. The molecule has 1 aromatic carbocycles. The van der Waals surface area contributed by atoms with Crippen LogP contribution in [0.25, 0.3) is 10.2 Å². The van der Waals surface area contributed by atoms with Gasteiger partial charge in [-0.3, -0.25) is 14.9 Å². The van der Waals surface area contributed by atoms with Crippen molar-refractivity contribution >= 4 is 44.2 Å². The molecule has 2 N–H and O–H groups in total. The average molecular weight is 434 g/mol. The van der Waals surface area contributed by atoms with E-state index >= 15 is 0 Å². The van der Waals surface area contributed by atoms with E-state index in [4.69, 9.17) is 8.83 Å². The number of para-hydroxylation sites is 1. The van der Waals surface area contributed by atoms with Gasteiger partial charge >= 0.3 is 5.91 Å². The summed E-state index contributed by atoms with van der Waals surface area (Å²) < 4.78 is 12.0. The van der Waals surface area contributed by atoms with Gasteiger partial charge in [-0.2, -0.15) is 5.10 Å². The Morgan fingerprint density at radius 2 is 2.00 bits per heavy atom. The Hall–Kier alpha value is -3.72. The minimum absolute atomic E-state index is 0.181. The second-order valence-electron chi connectivity index (χ2n) is 7.13. The van der Waals surface area contributed by atoms with Crippen molar-refractivity contribution in [1.82, 2.24) is 10.4 Å². The number of aromatic nitrogens is 1. The number of rotatable bonds is 4. The number of carbonyl (C=O) groups excluding carboxylic acids is 2. The van der Waals surface area contributed by atoms with Crippen molar-refractivity contribution in [3.8, 4) is 0 Å². The molecule has 0 fully saturated rings. The minimum atomic E-state index is -0.431. The summed E-state index contributed by atoms with van der Waals surface area (Å²) in [5, 5.41) is 7.63. The third-order valence-electron chi connectivity index (χ3n) is 5.08. The molecule has 3 heterocycles. The van der Waals surface area contributed by atoms with Gasteiger partial charge in [0.2, 0.25) is 0 Å². The number of hydrazone groups is 1. The molecule has 0 spiro atoms. The van der Waals surface area contributed by atoms with E-state index in [9.17, 15) is 9.59 Å². The second kappa shape index (κ2) is 7.84. The molecule has 31 heavy (non-hydrogen) atoms. The number of nitrogens with one attached hydrogen (secondary N) is 2. The van der Waals surface area contributed by atoms with Crippen LogP contribution in [0.4, 0.5) is 5.13 Å². The summed E-state index contributed by atoms with van der Waals surface area (Å²) in [5.74, 6) is 0.324. The molecule has 156 valence electrons. The number of thiazole rings is 1. The number of anilines is 1. The number of nitrogens with zero attached hydrogens (tertiary/aromatic N) is 2. The quantitative estimate of drug-likeness (QED) is 0.459. The van der Waals surface area contributed by atoms with Crippen molar-refractivity contribution in [2.75, 3.05) is 5.32 Å². The van der Waals surface area contributed by atoms with E-state index in [0.717, 1.165) is 22.2 Å². The first-order valence-corrected chi connectivity index (χ1v) is 10.6. The minimum Gasteiger partial charge on any atom is -0.459 e. The summed E-state index contributed by atoms with van der Waals surface area (Å²) in [4.78, 5) is 29.5. The fraction of sp³-hybridized carbons (Fsp3) is 0.182. The highest BCUT2D eigenvalue weighted by atomic mass is 32.1. The van der Waals surface area contributed by atoms with Crippen LogP contribution in [0.15, 0.2) is 56.6 Å². The summed E-state index contributed by atoms with van der Waals surface area (Å²) >= 11 is 1.41. The Kier molecular flexibility index (Phi) is 4.87. The normalized spacial score (nSPS) is 14.5. The molecular formula is C22H18N4O4S. The maximum absolute atomic E-state index is 12.9. The highest BCUT2D eigenvalue weighted by Gasteiger charge is 2.28. The van der Waals surface area contributed by atoms with Crippen LogP contribution in [0.3, 0.4) is 0 Å². The van der Waals surface area contributed by atoms with Gasteiger partial charge in [-0.15, -0.1) is 0 Å². The average Bonchev–Trinajstić information content (AvgIpc) is 3.50. The fourth-order valence-corrected chi connectivity index (χ4v) is 4.52. The molecule has 5 rings (SSSR count). The van der Waals surface area contributed by atoms with E-state index in [2.05, 4.69) is 20.8 Å². The Morgan fingerprint density at radius 3 is 2.81 bits per heavy atom. The summed E-state index contributed by atoms with van der Waals surface area (Å²) in [6.45, 7) is 1.82. The van der Waals surface area contributed by atoms with Crippen LogP contribution < -0.4 is 10.7 Å². The van der Waals surface area contributed by atoms with E-state index in [-0.39, 0.29) is 17.4 Å². The van der Waals surface area contributed by atoms with Gasteiger partial charge in [-0.1, -0.05) is 23.5 Å². The zero-order valence-corrected chi connectivity index (χ0v) is 17.4. The van der Waals surface area contributed by atoms with Crippen LogP contribution in [0.5, 0.6) is 0 Å². The number of hydrogen-bond acceptors (Lipinski definition) is 7. The van der Waals surface area contributed by atoms with Gasteiger partial charge in [0.15, 0.2) is 16.7 Å². The summed E-state index contributed by atoms with van der Waals surface area (Å²) in [6.07, 6.45) is 3.62. The van der Waals surface area contributed by atoms with Crippen molar-refractivity contribution in [2.24, 2.45) is 5.10 Å². The van der Waals surface area contributed by atoms with E-state index in [1.165, 1.54) is 17.6 Å². The second-order valence-corrected chi connectivity index (χ2v) is 8.16. The van der Waals surface area contributed by atoms with E-state index in [1.807, 2.05) is 31.2 Å². The molecule has 8 nitrogen and oxygen atoms in total. The molecule has 4 aromatic rings. The van der Waals surface area contributed by atoms with Gasteiger partial charge in [-0.25, -0.2) is 10.4 Å². The molecule has 3 aromatic heterocycles. The molecule has 0 radical (unpaired) electrons. The maximum atomic E-state index is 12.9. The zero-order chi connectivity index (χ0) is 21.4. The predicted octanol–water partition coefficient (Wildman–Crippen LogP) is 4.51. The number of aryl methyl sites for hydroxylation is 1. The standard InChI is InChI=1S/C22H18N4O4S/c1-12-18-14(25-26-20(27)16-9-5-11-29-16)7-4-8-15(18)30-19(12)21(28)24-22-23-13-6-2-3-10-17(13)31-22/h2-3,5-6,9-11H,4,7-8H2,1H3,(H,26,27)(H,23,24,28)/b25-14+. The number of fused-ring (bicyclic) bond motifs is 2. The van der Waals surface area contributed by atoms with Crippen LogP contribution in [-0.4, -0.2) is 22.5 Å². The Balaban J connectivity index is 1.39. The monoisotopic (exact) mass is 434 g/mol. The number of furan rings is 2. The number of carbonyl (C=O) groups is 2. The highest BCUT2D eigenvalue weighted by Crippen LogP contribution is 2.31. The summed E-state index contributed by atoms with van der Waals surface area (Å²) in [7, 11) is 0. The fourth-order valence-electron chi connectivity index (χ4n) is 3.66. The first-order chi connectivity index (χ1) is 15.1. The Morgan fingerprint density at radius 1 is 1.13 bits per heavy atom. The van der Waals surface area contributed by atoms with E-state index in [1.54, 1.807) is 12.1 Å². The summed E-state index contributed by atoms with van der Waals surface area (Å²) in [5.41, 5.74) is 5.51. The topological polar surface area (TPSA) is 110 Å². The van der Waals surface area contributed by atoms with Gasteiger partial charge in [0, 0.05) is 17.5 Å². The number of amides is 2. The van der Waals surface area contributed by atoms with Crippen LogP contribution in [0, 0.1) is 6.92 Å². The smallest absolute Gasteiger partial charge is 0.307 e. The Labute approximate surface area is 181 Å². The van der Waals surface area contributed by atoms with Gasteiger partial charge in [0.25, 0.3) is 5.91 Å². The van der Waals surface area contributed by atoms with Crippen LogP contribution in [0.2, 0.25) is 0 Å². The maximum Gasteiger partial charge on any atom is 0.307 e. The van der Waals surface area contributed by atoms with Crippen molar-refractivity contribution in [2.45, 2.75) is 26.2 Å². The van der Waals surface area contributed by atoms with Crippen molar-refractivity contribution in [1.29, 1.82) is 0 Å². The SMILES string of the molecule is Cc1c(C(=O)Nc2nc3ccccc3s2)oc2c1/C(=N/NC(=O)c1ccco1)CCC2. The first-order valence-electron chi connectivity index (χ1n) is 9.80. The molecule has 9 heteroatoms. The van der Waals surface area contributed by atoms with Gasteiger partial charge in [-0.05, 0) is 44.0 Å². The molecule has 0 bridgehead atoms. The largest absolute Gasteiger partial charge is 0.459 e. The van der Waals surface area contributed by atoms with Crippen molar-refractivity contribution in [3.63, 3.8) is 0 Å². The molecule has 0 atom stereocenters. The molecule has 2 amide bonds. The lowest BCUT2D eigenvalue weighted by atomic mass is 9.93. The zero-order valence-electron chi connectivity index (χ0n) is 16.6. The molecule has 0 saturated carbocycles. The van der Waals surface area contributed by atoms with Crippen LogP contribution >= 0.6 is 11.3 Å². The predicted molar refractivity (Wildman–Crippen MR) is 117 cm³/mol. The Bertz CT molecular complexity index is 1280. The van der Waals surface area contributed by atoms with E-state index < -0.39 is 5.91 Å². The first kappa shape index (κ1) is 19.3. The lowest BCUT2D eigenvalue weighted by molar-refractivity contribution is 0.0926. The van der Waals surface area contributed by atoms with Crippen LogP contribution in [0.1, 0.15) is 50.8 Å². The van der Waals surface area contributed by atoms with Crippen molar-refractivity contribution < 1.29 is 18.4 Å². The summed E-state index contributed by atoms with van der Waals surface area (Å²) in [6, 6.07) is 10.9. The molecule has 1 aliphatic rings. The lowest BCUT2D eigenvalue weighted by Crippen LogP contribution is -2.21. The van der Waals surface area contributed by atoms with Gasteiger partial charge in [0.05, 0.1) is 22.2 Å². The highest BCUT2D eigenvalue weighted by molar-refractivity contribution is 7.22. The molecule has 1 aliphatic carbocycles. The molecule has 0 unspecified atom stereocenters.